The van der Waals surface area contributed by atoms with E-state index in [9.17, 15) is 30.3 Å². The molecule has 6 N–H and O–H groups in total. The van der Waals surface area contributed by atoms with Crippen LogP contribution in [0.1, 0.15) is 232 Å². The van der Waals surface area contributed by atoms with Crippen molar-refractivity contribution in [2.24, 2.45) is 0 Å². The topological polar surface area (TPSA) is 149 Å². The van der Waals surface area contributed by atoms with Gasteiger partial charge in [-0.1, -0.05) is 219 Å². The lowest BCUT2D eigenvalue weighted by Gasteiger charge is -2.40. The molecule has 0 aromatic rings. The van der Waals surface area contributed by atoms with E-state index in [-0.39, 0.29) is 12.5 Å². The summed E-state index contributed by atoms with van der Waals surface area (Å²) >= 11 is 0. The molecule has 1 fully saturated rings. The van der Waals surface area contributed by atoms with Crippen molar-refractivity contribution < 1.29 is 39.8 Å². The number of aliphatic hydroxyl groups excluding tert-OH is 5. The van der Waals surface area contributed by atoms with Crippen molar-refractivity contribution in [2.45, 2.75) is 275 Å². The SMILES string of the molecule is CCCCCCCCCCCCC/C=C/[C@@H](O)C(CO[C@@H]1O[C@H](CO)[C@H](O)[C@H](O)C1O)NC(=O)CCCCCCCCCCCCCCCCCCCCCCC. The van der Waals surface area contributed by atoms with E-state index in [1.54, 1.807) is 6.08 Å². The maximum atomic E-state index is 13.0. The molecule has 0 spiro atoms. The number of amides is 1. The van der Waals surface area contributed by atoms with Crippen molar-refractivity contribution in [3.8, 4) is 0 Å². The van der Waals surface area contributed by atoms with Gasteiger partial charge in [-0.2, -0.15) is 0 Å². The second kappa shape index (κ2) is 39.1. The average molecular weight is 812 g/mol. The Morgan fingerprint density at radius 1 is 0.579 bits per heavy atom. The summed E-state index contributed by atoms with van der Waals surface area (Å²) in [5.74, 6) is -0.173. The molecule has 1 amide bonds. The Kier molecular flexibility index (Phi) is 37.0. The number of carbonyl (C=O) groups excluding carboxylic acids is 1. The molecule has 57 heavy (non-hydrogen) atoms. The van der Waals surface area contributed by atoms with E-state index < -0.39 is 49.5 Å². The maximum Gasteiger partial charge on any atom is 0.220 e. The van der Waals surface area contributed by atoms with Gasteiger partial charge in [0.25, 0.3) is 0 Å². The van der Waals surface area contributed by atoms with Gasteiger partial charge in [-0.25, -0.2) is 0 Å². The molecular weight excluding hydrogens is 719 g/mol. The van der Waals surface area contributed by atoms with Gasteiger partial charge in [0, 0.05) is 6.42 Å². The van der Waals surface area contributed by atoms with Crippen LogP contribution in [-0.2, 0) is 14.3 Å². The quantitative estimate of drug-likeness (QED) is 0.0264. The predicted molar refractivity (Wildman–Crippen MR) is 235 cm³/mol. The van der Waals surface area contributed by atoms with Gasteiger partial charge in [0.05, 0.1) is 25.4 Å². The third kappa shape index (κ3) is 29.7. The molecule has 9 nitrogen and oxygen atoms in total. The van der Waals surface area contributed by atoms with Crippen LogP contribution in [0.4, 0.5) is 0 Å². The Hall–Kier alpha value is -1.07. The zero-order chi connectivity index (χ0) is 41.6. The molecule has 1 aliphatic heterocycles. The first-order valence-electron chi connectivity index (χ1n) is 24.4. The molecule has 0 aromatic heterocycles. The summed E-state index contributed by atoms with van der Waals surface area (Å²) in [5, 5.41) is 54.2. The Morgan fingerprint density at radius 3 is 1.37 bits per heavy atom. The zero-order valence-corrected chi connectivity index (χ0v) is 37.1. The molecule has 0 bridgehead atoms. The average Bonchev–Trinajstić information content (AvgIpc) is 3.21. The van der Waals surface area contributed by atoms with Crippen LogP contribution < -0.4 is 5.32 Å². The molecule has 0 saturated carbocycles. The van der Waals surface area contributed by atoms with Crippen LogP contribution >= 0.6 is 0 Å². The van der Waals surface area contributed by atoms with Crippen molar-refractivity contribution in [3.63, 3.8) is 0 Å². The fourth-order valence-corrected chi connectivity index (χ4v) is 7.92. The Morgan fingerprint density at radius 2 is 0.965 bits per heavy atom. The van der Waals surface area contributed by atoms with Crippen LogP contribution in [0.5, 0.6) is 0 Å². The number of carbonyl (C=O) groups is 1. The summed E-state index contributed by atoms with van der Waals surface area (Å²) in [5.41, 5.74) is 0. The molecule has 1 rings (SSSR count). The van der Waals surface area contributed by atoms with Crippen molar-refractivity contribution >= 4 is 5.91 Å². The fraction of sp³-hybridized carbons (Fsp3) is 0.938. The van der Waals surface area contributed by atoms with E-state index in [0.29, 0.717) is 6.42 Å². The Bertz CT molecular complexity index is 904. The minimum Gasteiger partial charge on any atom is -0.394 e. The van der Waals surface area contributed by atoms with E-state index in [0.717, 1.165) is 38.5 Å². The Labute approximate surface area is 350 Å². The highest BCUT2D eigenvalue weighted by Crippen LogP contribution is 2.23. The lowest BCUT2D eigenvalue weighted by molar-refractivity contribution is -0.302. The van der Waals surface area contributed by atoms with Crippen molar-refractivity contribution in [1.29, 1.82) is 0 Å². The number of allylic oxidation sites excluding steroid dienone is 1. The second-order valence-electron chi connectivity index (χ2n) is 17.3. The molecule has 0 radical (unpaired) electrons. The number of nitrogens with one attached hydrogen (secondary N) is 1. The zero-order valence-electron chi connectivity index (χ0n) is 37.1. The van der Waals surface area contributed by atoms with E-state index in [1.165, 1.54) is 173 Å². The maximum absolute atomic E-state index is 13.0. The van der Waals surface area contributed by atoms with E-state index in [1.807, 2.05) is 6.08 Å². The summed E-state index contributed by atoms with van der Waals surface area (Å²) < 4.78 is 11.2. The summed E-state index contributed by atoms with van der Waals surface area (Å²) in [6.07, 6.45) is 38.3. The van der Waals surface area contributed by atoms with Crippen molar-refractivity contribution in [3.05, 3.63) is 12.2 Å². The molecule has 1 saturated heterocycles. The molecule has 0 aliphatic carbocycles. The summed E-state index contributed by atoms with van der Waals surface area (Å²) in [6, 6.07) is -0.798. The predicted octanol–water partition coefficient (Wildman–Crippen LogP) is 10.5. The van der Waals surface area contributed by atoms with Gasteiger partial charge >= 0.3 is 0 Å². The second-order valence-corrected chi connectivity index (χ2v) is 17.3. The smallest absolute Gasteiger partial charge is 0.220 e. The fourth-order valence-electron chi connectivity index (χ4n) is 7.92. The van der Waals surface area contributed by atoms with Crippen LogP contribution in [0, 0.1) is 0 Å². The third-order valence-electron chi connectivity index (χ3n) is 11.9. The largest absolute Gasteiger partial charge is 0.394 e. The molecule has 2 unspecified atom stereocenters. The van der Waals surface area contributed by atoms with E-state index in [4.69, 9.17) is 9.47 Å². The summed E-state index contributed by atoms with van der Waals surface area (Å²) in [4.78, 5) is 13.0. The first kappa shape index (κ1) is 53.9. The monoisotopic (exact) mass is 812 g/mol. The molecule has 9 heteroatoms. The van der Waals surface area contributed by atoms with Crippen LogP contribution in [0.25, 0.3) is 0 Å². The minimum atomic E-state index is -1.56. The Balaban J connectivity index is 2.27. The van der Waals surface area contributed by atoms with Gasteiger partial charge < -0.3 is 40.3 Å². The minimum absolute atomic E-state index is 0.173. The highest BCUT2D eigenvalue weighted by molar-refractivity contribution is 5.76. The van der Waals surface area contributed by atoms with Crippen LogP contribution in [0.3, 0.4) is 0 Å². The van der Waals surface area contributed by atoms with Gasteiger partial charge in [-0.15, -0.1) is 0 Å². The molecule has 0 aromatic carbocycles. The molecule has 7 atom stereocenters. The number of aliphatic hydroxyl groups is 5. The molecule has 1 aliphatic rings. The van der Waals surface area contributed by atoms with Gasteiger partial charge in [0.15, 0.2) is 6.29 Å². The molecule has 338 valence electrons. The first-order chi connectivity index (χ1) is 27.8. The van der Waals surface area contributed by atoms with Crippen molar-refractivity contribution in [2.75, 3.05) is 13.2 Å². The summed E-state index contributed by atoms with van der Waals surface area (Å²) in [6.45, 7) is 3.79. The lowest BCUT2D eigenvalue weighted by atomic mass is 9.99. The number of rotatable bonds is 41. The highest BCUT2D eigenvalue weighted by atomic mass is 16.7. The highest BCUT2D eigenvalue weighted by Gasteiger charge is 2.44. The number of unbranched alkanes of at least 4 members (excludes halogenated alkanes) is 31. The van der Waals surface area contributed by atoms with Crippen molar-refractivity contribution in [1.82, 2.24) is 5.32 Å². The number of hydrogen-bond donors (Lipinski definition) is 6. The van der Waals surface area contributed by atoms with Gasteiger partial charge in [0.1, 0.15) is 24.4 Å². The standard InChI is InChI=1S/C48H93NO8/c1-3-5-7-9-11-13-15-17-18-19-20-21-22-23-24-26-28-30-32-34-36-38-44(52)49-41(40-56-48-47(55)46(54)45(53)43(39-50)57-48)42(51)37-35-33-31-29-27-25-16-14-12-10-8-6-4-2/h35,37,41-43,45-48,50-51,53-55H,3-34,36,38-40H2,1-2H3,(H,49,52)/b37-35+/t41?,42-,43-,45+,46+,47?,48-/m1/s1. The molecular formula is C48H93NO8. The third-order valence-corrected chi connectivity index (χ3v) is 11.9. The van der Waals surface area contributed by atoms with Gasteiger partial charge in [0.2, 0.25) is 5.91 Å². The van der Waals surface area contributed by atoms with E-state index >= 15 is 0 Å². The van der Waals surface area contributed by atoms with Gasteiger partial charge in [-0.05, 0) is 19.3 Å². The van der Waals surface area contributed by atoms with Crippen LogP contribution in [-0.4, -0.2) is 87.5 Å². The number of ether oxygens (including phenoxy) is 2. The van der Waals surface area contributed by atoms with E-state index in [2.05, 4.69) is 19.2 Å². The number of hydrogen-bond acceptors (Lipinski definition) is 8. The van der Waals surface area contributed by atoms with Gasteiger partial charge in [-0.3, -0.25) is 4.79 Å². The first-order valence-corrected chi connectivity index (χ1v) is 24.4. The lowest BCUT2D eigenvalue weighted by Crippen LogP contribution is -2.60. The summed E-state index contributed by atoms with van der Waals surface area (Å²) in [7, 11) is 0. The molecule has 1 heterocycles. The normalized spacial score (nSPS) is 21.0. The van der Waals surface area contributed by atoms with Crippen LogP contribution in [0.15, 0.2) is 12.2 Å². The van der Waals surface area contributed by atoms with Crippen LogP contribution in [0.2, 0.25) is 0 Å².